The van der Waals surface area contributed by atoms with Crippen LogP contribution in [0.5, 0.6) is 0 Å². The Labute approximate surface area is 130 Å². The topological polar surface area (TPSA) is 134 Å². The first-order chi connectivity index (χ1) is 10.1. The molecule has 132 valence electrons. The van der Waals surface area contributed by atoms with E-state index in [1.54, 1.807) is 13.8 Å². The van der Waals surface area contributed by atoms with E-state index in [0.717, 1.165) is 0 Å². The number of carbonyl (C=O) groups excluding carboxylic acids is 2. The van der Waals surface area contributed by atoms with Crippen LogP contribution in [0, 0.1) is 0 Å². The molecule has 0 aliphatic rings. The first kappa shape index (κ1) is 23.1. The summed E-state index contributed by atoms with van der Waals surface area (Å²) in [4.78, 5) is 21.2. The minimum atomic E-state index is -1.09. The molecule has 8 nitrogen and oxygen atoms in total. The summed E-state index contributed by atoms with van der Waals surface area (Å²) < 4.78 is 9.27. The van der Waals surface area contributed by atoms with Crippen molar-refractivity contribution in [1.29, 1.82) is 0 Å². The maximum Gasteiger partial charge on any atom is 0.334 e. The van der Waals surface area contributed by atoms with Crippen LogP contribution in [-0.2, 0) is 19.1 Å². The molecule has 0 aliphatic heterocycles. The molecule has 4 N–H and O–H groups in total. The van der Waals surface area contributed by atoms with Crippen molar-refractivity contribution in [2.45, 2.75) is 65.0 Å². The quantitative estimate of drug-likeness (QED) is 0.433. The highest BCUT2D eigenvalue weighted by molar-refractivity contribution is 5.74. The molecule has 0 aliphatic carbocycles. The average molecular weight is 324 g/mol. The zero-order chi connectivity index (χ0) is 17.7. The number of aliphatic hydroxyl groups excluding tert-OH is 4. The lowest BCUT2D eigenvalue weighted by Gasteiger charge is -2.12. The first-order valence-electron chi connectivity index (χ1n) is 7.13. The van der Waals surface area contributed by atoms with E-state index in [9.17, 15) is 9.59 Å². The number of aliphatic hydroxyl groups is 4. The van der Waals surface area contributed by atoms with Gasteiger partial charge in [0, 0.05) is 19.4 Å². The van der Waals surface area contributed by atoms with E-state index in [1.165, 1.54) is 13.8 Å². The fourth-order valence-corrected chi connectivity index (χ4v) is 0.988. The molecule has 4 atom stereocenters. The van der Waals surface area contributed by atoms with Gasteiger partial charge in [-0.2, -0.15) is 0 Å². The van der Waals surface area contributed by atoms with Gasteiger partial charge in [-0.15, -0.1) is 0 Å². The van der Waals surface area contributed by atoms with Gasteiger partial charge in [-0.05, 0) is 27.7 Å². The second-order valence-corrected chi connectivity index (χ2v) is 4.92. The summed E-state index contributed by atoms with van der Waals surface area (Å²) in [5.41, 5.74) is 0. The molecule has 0 aromatic carbocycles. The third kappa shape index (κ3) is 15.2. The van der Waals surface area contributed by atoms with E-state index in [1.807, 2.05) is 0 Å². The van der Waals surface area contributed by atoms with E-state index in [4.69, 9.17) is 25.2 Å². The second-order valence-electron chi connectivity index (χ2n) is 4.92. The van der Waals surface area contributed by atoms with Crippen LogP contribution in [-0.4, -0.2) is 70.0 Å². The van der Waals surface area contributed by atoms with Gasteiger partial charge >= 0.3 is 11.9 Å². The zero-order valence-electron chi connectivity index (χ0n) is 13.6. The predicted molar refractivity (Wildman–Crippen MR) is 77.9 cm³/mol. The van der Waals surface area contributed by atoms with Gasteiger partial charge < -0.3 is 29.9 Å². The molecule has 0 amide bonds. The Morgan fingerprint density at radius 2 is 1.41 bits per heavy atom. The van der Waals surface area contributed by atoms with Gasteiger partial charge in [0.2, 0.25) is 0 Å². The summed E-state index contributed by atoms with van der Waals surface area (Å²) in [5.74, 6) is -1.29. The lowest BCUT2D eigenvalue weighted by atomic mass is 10.3. The third-order valence-corrected chi connectivity index (χ3v) is 2.32. The molecule has 0 spiro atoms. The van der Waals surface area contributed by atoms with Crippen LogP contribution in [0.1, 0.15) is 40.5 Å². The summed E-state index contributed by atoms with van der Waals surface area (Å²) in [5, 5.41) is 34.5. The van der Waals surface area contributed by atoms with Crippen LogP contribution in [0.4, 0.5) is 0 Å². The summed E-state index contributed by atoms with van der Waals surface area (Å²) in [6.45, 7) is 6.08. The van der Waals surface area contributed by atoms with E-state index in [-0.39, 0.29) is 19.3 Å². The number of rotatable bonds is 8. The minimum Gasteiger partial charge on any atom is -0.464 e. The standard InChI is InChI=1S/2C7H14O4/c1-5(8)3-4-11-7(10)6(2)9;1-5(3-4-8)11-7(10)6(2)9/h2*5-6,8-9H,3-4H2,1-2H3/t2*5-,6+/m11/s1. The van der Waals surface area contributed by atoms with Crippen molar-refractivity contribution in [3.05, 3.63) is 0 Å². The fourth-order valence-electron chi connectivity index (χ4n) is 0.988. The van der Waals surface area contributed by atoms with Gasteiger partial charge in [-0.3, -0.25) is 0 Å². The molecule has 0 radical (unpaired) electrons. The van der Waals surface area contributed by atoms with Crippen molar-refractivity contribution in [2.24, 2.45) is 0 Å². The molecule has 22 heavy (non-hydrogen) atoms. The SMILES string of the molecule is C[C@H](CCO)OC(=O)[C@H](C)O.C[C@H](O)C(=O)OCC[C@@H](C)O. The van der Waals surface area contributed by atoms with Crippen molar-refractivity contribution in [3.8, 4) is 0 Å². The van der Waals surface area contributed by atoms with Crippen molar-refractivity contribution >= 4 is 11.9 Å². The molecule has 0 aromatic rings. The highest BCUT2D eigenvalue weighted by Crippen LogP contribution is 1.98. The summed E-state index contributed by atoms with van der Waals surface area (Å²) >= 11 is 0. The molecular weight excluding hydrogens is 296 g/mol. The van der Waals surface area contributed by atoms with E-state index < -0.39 is 30.3 Å². The number of ether oxygens (including phenoxy) is 2. The molecule has 0 unspecified atom stereocenters. The third-order valence-electron chi connectivity index (χ3n) is 2.32. The fraction of sp³-hybridized carbons (Fsp3) is 0.857. The summed E-state index contributed by atoms with van der Waals surface area (Å²) in [6, 6.07) is 0. The smallest absolute Gasteiger partial charge is 0.334 e. The molecule has 0 bridgehead atoms. The second kappa shape index (κ2) is 13.4. The van der Waals surface area contributed by atoms with Crippen LogP contribution < -0.4 is 0 Å². The predicted octanol–water partition coefficient (Wildman–Crippen LogP) is -0.637. The van der Waals surface area contributed by atoms with Gasteiger partial charge in [-0.1, -0.05) is 0 Å². The van der Waals surface area contributed by atoms with Gasteiger partial charge in [0.1, 0.15) is 18.3 Å². The van der Waals surface area contributed by atoms with Gasteiger partial charge in [0.05, 0.1) is 12.7 Å². The lowest BCUT2D eigenvalue weighted by molar-refractivity contribution is -0.157. The zero-order valence-corrected chi connectivity index (χ0v) is 13.6. The van der Waals surface area contributed by atoms with Crippen molar-refractivity contribution in [2.75, 3.05) is 13.2 Å². The highest BCUT2D eigenvalue weighted by atomic mass is 16.6. The number of hydrogen-bond donors (Lipinski definition) is 4. The number of carbonyl (C=O) groups is 2. The van der Waals surface area contributed by atoms with Crippen LogP contribution in [0.15, 0.2) is 0 Å². The van der Waals surface area contributed by atoms with Gasteiger partial charge in [0.25, 0.3) is 0 Å². The molecule has 8 heteroatoms. The molecule has 0 aromatic heterocycles. The van der Waals surface area contributed by atoms with Crippen LogP contribution >= 0.6 is 0 Å². The molecule has 0 heterocycles. The van der Waals surface area contributed by atoms with Crippen LogP contribution in [0.2, 0.25) is 0 Å². The maximum atomic E-state index is 10.7. The Morgan fingerprint density at radius 1 is 0.909 bits per heavy atom. The number of hydrogen-bond acceptors (Lipinski definition) is 8. The van der Waals surface area contributed by atoms with E-state index in [0.29, 0.717) is 12.8 Å². The van der Waals surface area contributed by atoms with Crippen LogP contribution in [0.25, 0.3) is 0 Å². The van der Waals surface area contributed by atoms with Crippen molar-refractivity contribution in [3.63, 3.8) is 0 Å². The number of esters is 2. The molecule has 0 fully saturated rings. The highest BCUT2D eigenvalue weighted by Gasteiger charge is 2.13. The Bertz CT molecular complexity index is 301. The normalized spacial score (nSPS) is 15.6. The Balaban J connectivity index is 0. The summed E-state index contributed by atoms with van der Waals surface area (Å²) in [6.07, 6.45) is -2.17. The van der Waals surface area contributed by atoms with E-state index >= 15 is 0 Å². The van der Waals surface area contributed by atoms with Gasteiger partial charge in [0.15, 0.2) is 0 Å². The first-order valence-corrected chi connectivity index (χ1v) is 7.13. The molecule has 0 rings (SSSR count). The molecule has 0 saturated carbocycles. The van der Waals surface area contributed by atoms with Crippen molar-refractivity contribution in [1.82, 2.24) is 0 Å². The maximum absolute atomic E-state index is 10.7. The van der Waals surface area contributed by atoms with Gasteiger partial charge in [-0.25, -0.2) is 9.59 Å². The Morgan fingerprint density at radius 3 is 1.77 bits per heavy atom. The Hall–Kier alpha value is -1.22. The Kier molecular flexibility index (Phi) is 14.1. The average Bonchev–Trinajstić information content (AvgIpc) is 2.38. The molecule has 0 saturated heterocycles. The monoisotopic (exact) mass is 324 g/mol. The molecular formula is C14H28O8. The van der Waals surface area contributed by atoms with Crippen molar-refractivity contribution < 1.29 is 39.5 Å². The lowest BCUT2D eigenvalue weighted by Crippen LogP contribution is -2.24. The summed E-state index contributed by atoms with van der Waals surface area (Å²) in [7, 11) is 0. The minimum absolute atomic E-state index is 0.0196. The largest absolute Gasteiger partial charge is 0.464 e. The van der Waals surface area contributed by atoms with Crippen LogP contribution in [0.3, 0.4) is 0 Å². The van der Waals surface area contributed by atoms with E-state index in [2.05, 4.69) is 4.74 Å².